The zero-order valence-corrected chi connectivity index (χ0v) is 15.9. The minimum absolute atomic E-state index is 0.501. The van der Waals surface area contributed by atoms with Gasteiger partial charge in [-0.15, -0.1) is 0 Å². The average Bonchev–Trinajstić information content (AvgIpc) is 2.56. The molecule has 0 amide bonds. The summed E-state index contributed by atoms with van der Waals surface area (Å²) in [6, 6.07) is 11.8. The Morgan fingerprint density at radius 1 is 1.33 bits per heavy atom. The van der Waals surface area contributed by atoms with Gasteiger partial charge in [0.15, 0.2) is 11.0 Å². The Morgan fingerprint density at radius 3 is 2.71 bits per heavy atom. The van der Waals surface area contributed by atoms with E-state index < -0.39 is 0 Å². The van der Waals surface area contributed by atoms with Crippen molar-refractivity contribution in [1.82, 2.24) is 4.98 Å². The van der Waals surface area contributed by atoms with Gasteiger partial charge in [-0.2, -0.15) is 0 Å². The molecular formula is C19H24ClN3S. The maximum Gasteiger partial charge on any atom is 0.165 e. The Bertz CT molecular complexity index is 684. The van der Waals surface area contributed by atoms with E-state index in [1.807, 2.05) is 55.7 Å². The number of pyridine rings is 1. The predicted molar refractivity (Wildman–Crippen MR) is 108 cm³/mol. The molecule has 0 spiro atoms. The minimum Gasteiger partial charge on any atom is -0.378 e. The number of thioether (sulfide) groups is 1. The molecule has 2 aromatic rings. The molecule has 3 nitrogen and oxygen atoms in total. The molecule has 0 atom stereocenters. The maximum atomic E-state index is 5.90. The third-order valence-corrected chi connectivity index (χ3v) is 4.04. The molecule has 2 N–H and O–H groups in total. The molecule has 0 fully saturated rings. The van der Waals surface area contributed by atoms with E-state index in [4.69, 9.17) is 17.3 Å². The van der Waals surface area contributed by atoms with Crippen LogP contribution in [0.3, 0.4) is 0 Å². The normalized spacial score (nSPS) is 11.2. The summed E-state index contributed by atoms with van der Waals surface area (Å²) in [5, 5.41) is 3.28. The smallest absolute Gasteiger partial charge is 0.165 e. The first-order valence-electron chi connectivity index (χ1n) is 7.84. The molecule has 0 aliphatic carbocycles. The van der Waals surface area contributed by atoms with Crippen LogP contribution in [0.15, 0.2) is 59.1 Å². The highest BCUT2D eigenvalue weighted by Crippen LogP contribution is 2.16. The van der Waals surface area contributed by atoms with Gasteiger partial charge in [0.1, 0.15) is 0 Å². The van der Waals surface area contributed by atoms with Crippen molar-refractivity contribution in [3.63, 3.8) is 0 Å². The Morgan fingerprint density at radius 2 is 2.08 bits per heavy atom. The molecule has 128 valence electrons. The molecule has 1 aromatic heterocycles. The lowest BCUT2D eigenvalue weighted by molar-refractivity contribution is 0.922. The zero-order chi connectivity index (χ0) is 17.8. The van der Waals surface area contributed by atoms with Gasteiger partial charge in [-0.1, -0.05) is 61.0 Å². The van der Waals surface area contributed by atoms with Crippen LogP contribution in [-0.4, -0.2) is 10.2 Å². The van der Waals surface area contributed by atoms with E-state index in [1.54, 1.807) is 6.20 Å². The molecule has 0 unspecified atom stereocenters. The van der Waals surface area contributed by atoms with Gasteiger partial charge in [0.25, 0.3) is 0 Å². The van der Waals surface area contributed by atoms with Gasteiger partial charge in [0.05, 0.1) is 0 Å². The van der Waals surface area contributed by atoms with Crippen LogP contribution in [0.25, 0.3) is 0 Å². The van der Waals surface area contributed by atoms with E-state index in [1.165, 1.54) is 17.3 Å². The number of rotatable bonds is 4. The lowest BCUT2D eigenvalue weighted by Gasteiger charge is -1.99. The molecule has 1 aromatic carbocycles. The van der Waals surface area contributed by atoms with E-state index in [0.717, 1.165) is 23.4 Å². The van der Waals surface area contributed by atoms with Gasteiger partial charge in [-0.3, -0.25) is 0 Å². The van der Waals surface area contributed by atoms with Gasteiger partial charge in [0.2, 0.25) is 0 Å². The van der Waals surface area contributed by atoms with Gasteiger partial charge in [-0.25, -0.2) is 9.98 Å². The molecular weight excluding hydrogens is 338 g/mol. The number of benzene rings is 1. The van der Waals surface area contributed by atoms with Crippen molar-refractivity contribution in [2.45, 2.75) is 33.6 Å². The molecule has 0 bridgehead atoms. The van der Waals surface area contributed by atoms with E-state index in [9.17, 15) is 0 Å². The van der Waals surface area contributed by atoms with E-state index in [0.29, 0.717) is 11.0 Å². The Hall–Kier alpha value is -1.78. The van der Waals surface area contributed by atoms with E-state index in [-0.39, 0.29) is 0 Å². The van der Waals surface area contributed by atoms with Crippen LogP contribution in [0.1, 0.15) is 31.4 Å². The fourth-order valence-electron chi connectivity index (χ4n) is 1.83. The van der Waals surface area contributed by atoms with Crippen LogP contribution in [0.5, 0.6) is 0 Å². The van der Waals surface area contributed by atoms with Crippen molar-refractivity contribution in [2.24, 2.45) is 10.7 Å². The molecule has 5 heteroatoms. The second-order valence-corrected chi connectivity index (χ2v) is 6.40. The minimum atomic E-state index is 0.501. The van der Waals surface area contributed by atoms with Gasteiger partial charge >= 0.3 is 0 Å². The summed E-state index contributed by atoms with van der Waals surface area (Å²) < 4.78 is 0. The molecule has 0 saturated carbocycles. The van der Waals surface area contributed by atoms with Crippen LogP contribution < -0.4 is 5.73 Å². The number of nitrogens with zero attached hydrogens (tertiary/aromatic N) is 2. The molecule has 0 saturated heterocycles. The third-order valence-electron chi connectivity index (χ3n) is 2.93. The van der Waals surface area contributed by atoms with E-state index >= 15 is 0 Å². The second-order valence-electron chi connectivity index (χ2n) is 5.07. The number of halogens is 1. The molecule has 24 heavy (non-hydrogen) atoms. The number of allylic oxidation sites excluding steroid dienone is 1. The number of aryl methyl sites for hydroxylation is 2. The van der Waals surface area contributed by atoms with Crippen LogP contribution >= 0.6 is 23.4 Å². The average molecular weight is 362 g/mol. The summed E-state index contributed by atoms with van der Waals surface area (Å²) in [6.07, 6.45) is 5.88. The van der Waals surface area contributed by atoms with Crippen molar-refractivity contribution in [3.8, 4) is 0 Å². The number of amidine groups is 1. The quantitative estimate of drug-likeness (QED) is 0.545. The monoisotopic (exact) mass is 361 g/mol. The van der Waals surface area contributed by atoms with Crippen LogP contribution in [0, 0.1) is 6.92 Å². The highest BCUT2D eigenvalue weighted by molar-refractivity contribution is 8.16. The lowest BCUT2D eigenvalue weighted by Crippen LogP contribution is -2.04. The first kappa shape index (κ1) is 20.3. The maximum absolute atomic E-state index is 5.90. The van der Waals surface area contributed by atoms with Crippen LogP contribution in [-0.2, 0) is 6.42 Å². The molecule has 1 heterocycles. The lowest BCUT2D eigenvalue weighted by atomic mass is 10.1. The van der Waals surface area contributed by atoms with Crippen molar-refractivity contribution in [3.05, 3.63) is 70.2 Å². The first-order valence-corrected chi connectivity index (χ1v) is 9.10. The number of nitrogens with two attached hydrogens (primary N) is 1. The second kappa shape index (κ2) is 11.7. The molecule has 0 radical (unpaired) electrons. The fraction of sp³-hybridized carbons (Fsp3) is 0.263. The number of hydrogen-bond acceptors (Lipinski definition) is 3. The Labute approximate surface area is 154 Å². The van der Waals surface area contributed by atoms with Crippen molar-refractivity contribution >= 4 is 34.3 Å². The summed E-state index contributed by atoms with van der Waals surface area (Å²) in [5.74, 6) is 0.652. The topological polar surface area (TPSA) is 51.3 Å². The predicted octanol–water partition coefficient (Wildman–Crippen LogP) is 5.90. The standard InChI is InChI=1S/C10H13N3S.C9H11Cl/c1-3-6-14-10(11)13-9-7-8(2)4-5-12-9;1-2-5-8-6-3-4-7-9(8)10/h3-7H,1-2H3,(H2,11,12,13);3-4,6-7H,2,5H2,1H3/b6-3+;. The molecule has 2 rings (SSSR count). The number of aromatic nitrogens is 1. The molecule has 0 aliphatic rings. The third kappa shape index (κ3) is 8.18. The summed E-state index contributed by atoms with van der Waals surface area (Å²) in [4.78, 5) is 8.24. The summed E-state index contributed by atoms with van der Waals surface area (Å²) in [5.41, 5.74) is 8.05. The highest BCUT2D eigenvalue weighted by Gasteiger charge is 1.95. The Balaban J connectivity index is 0.000000254. The highest BCUT2D eigenvalue weighted by atomic mass is 35.5. The fourth-order valence-corrected chi connectivity index (χ4v) is 2.48. The summed E-state index contributed by atoms with van der Waals surface area (Å²) >= 11 is 7.29. The van der Waals surface area contributed by atoms with Crippen molar-refractivity contribution < 1.29 is 0 Å². The first-order chi connectivity index (χ1) is 11.6. The number of hydrogen-bond donors (Lipinski definition) is 1. The Kier molecular flexibility index (Phi) is 9.89. The summed E-state index contributed by atoms with van der Waals surface area (Å²) in [6.45, 7) is 6.09. The van der Waals surface area contributed by atoms with Crippen LogP contribution in [0.2, 0.25) is 5.02 Å². The van der Waals surface area contributed by atoms with Crippen molar-refractivity contribution in [2.75, 3.05) is 0 Å². The van der Waals surface area contributed by atoms with Gasteiger partial charge in [-0.05, 0) is 55.0 Å². The van der Waals surface area contributed by atoms with Gasteiger partial charge < -0.3 is 5.73 Å². The number of aliphatic imine (C=N–C) groups is 1. The van der Waals surface area contributed by atoms with Crippen molar-refractivity contribution in [1.29, 1.82) is 0 Å². The van der Waals surface area contributed by atoms with Crippen LogP contribution in [0.4, 0.5) is 5.82 Å². The SMILES string of the molecule is C/C=C/SC(N)=Nc1cc(C)ccn1.CCCc1ccccc1Cl. The largest absolute Gasteiger partial charge is 0.378 e. The molecule has 0 aliphatic heterocycles. The summed E-state index contributed by atoms with van der Waals surface area (Å²) in [7, 11) is 0. The van der Waals surface area contributed by atoms with E-state index in [2.05, 4.69) is 23.0 Å². The zero-order valence-electron chi connectivity index (χ0n) is 14.4. The van der Waals surface area contributed by atoms with Gasteiger partial charge in [0, 0.05) is 11.2 Å².